The van der Waals surface area contributed by atoms with Crippen LogP contribution in [0.25, 0.3) is 5.69 Å². The highest BCUT2D eigenvalue weighted by atomic mass is 32.2. The van der Waals surface area contributed by atoms with Crippen LogP contribution in [-0.4, -0.2) is 53.7 Å². The van der Waals surface area contributed by atoms with E-state index >= 15 is 0 Å². The normalized spacial score (nSPS) is 15.0. The Morgan fingerprint density at radius 1 is 0.833 bits per heavy atom. The molecule has 1 aromatic heterocycles. The maximum Gasteiger partial charge on any atom is 0.236 e. The van der Waals surface area contributed by atoms with E-state index in [1.54, 1.807) is 4.68 Å². The molecule has 2 unspecified atom stereocenters. The number of carbonyl (C=O) groups excluding carboxylic acids is 1. The third-order valence-corrected chi connectivity index (χ3v) is 10.9. The van der Waals surface area contributed by atoms with Crippen LogP contribution >= 0.6 is 23.7 Å². The minimum Gasteiger partial charge on any atom is -0.351 e. The molecule has 48 heavy (non-hydrogen) atoms. The highest BCUT2D eigenvalue weighted by Crippen LogP contribution is 2.42. The van der Waals surface area contributed by atoms with Crippen molar-refractivity contribution in [3.63, 3.8) is 0 Å². The van der Waals surface area contributed by atoms with Crippen molar-refractivity contribution in [2.24, 2.45) is 5.10 Å². The molecule has 2 aromatic carbocycles. The minimum absolute atomic E-state index is 0.175. The average Bonchev–Trinajstić information content (AvgIpc) is 3.81. The van der Waals surface area contributed by atoms with Crippen LogP contribution < -0.4 is 4.83 Å². The molecular weight excluding hydrogens is 639 g/mol. The molecule has 0 fully saturated rings. The number of tetrazole rings is 1. The second-order valence-electron chi connectivity index (χ2n) is 12.5. The fraction of sp³-hybridized carbons (Fsp3) is 0.595. The minimum atomic E-state index is -1.49. The molecule has 4 rings (SSSR count). The molecule has 0 radical (unpaired) electrons. The van der Waals surface area contributed by atoms with E-state index in [2.05, 4.69) is 41.1 Å². The van der Waals surface area contributed by atoms with E-state index in [9.17, 15) is 4.79 Å². The molecule has 0 aliphatic carbocycles. The predicted octanol–water partition coefficient (Wildman–Crippen LogP) is 9.80. The molecule has 1 aliphatic heterocycles. The zero-order valence-corrected chi connectivity index (χ0v) is 30.8. The Morgan fingerprint density at radius 2 is 1.44 bits per heavy atom. The summed E-state index contributed by atoms with van der Waals surface area (Å²) in [5, 5.41) is 20.6. The van der Waals surface area contributed by atoms with Crippen molar-refractivity contribution in [1.82, 2.24) is 30.2 Å². The number of ether oxygens (including phenoxy) is 1. The highest BCUT2D eigenvalue weighted by Gasteiger charge is 2.51. The lowest BCUT2D eigenvalue weighted by molar-refractivity contribution is 0.0499. The second kappa shape index (κ2) is 21.4. The van der Waals surface area contributed by atoms with Crippen LogP contribution in [0.15, 0.2) is 70.9 Å². The number of thioether (sulfide) groups is 1. The maximum atomic E-state index is 14.7. The summed E-state index contributed by atoms with van der Waals surface area (Å²) in [4.78, 5) is 16.6. The van der Waals surface area contributed by atoms with Gasteiger partial charge in [0.1, 0.15) is 0 Å². The first-order valence-corrected chi connectivity index (χ1v) is 19.8. The van der Waals surface area contributed by atoms with Gasteiger partial charge in [-0.3, -0.25) is 4.79 Å². The van der Waals surface area contributed by atoms with Gasteiger partial charge in [-0.1, -0.05) is 153 Å². The van der Waals surface area contributed by atoms with E-state index < -0.39 is 4.93 Å². The summed E-state index contributed by atoms with van der Waals surface area (Å²) in [5.41, 5.74) is 1.36. The number of hydrogen-bond acceptors (Lipinski definition) is 10. The summed E-state index contributed by atoms with van der Waals surface area (Å²) in [6, 6.07) is 19.3. The van der Waals surface area contributed by atoms with Gasteiger partial charge in [-0.15, -0.1) is 5.10 Å². The molecule has 3 aromatic rings. The Bertz CT molecular complexity index is 1360. The summed E-state index contributed by atoms with van der Waals surface area (Å²) >= 11 is 2.57. The van der Waals surface area contributed by atoms with Gasteiger partial charge in [0.2, 0.25) is 15.9 Å². The topological polar surface area (TPSA) is 97.5 Å². The number of para-hydroxylation sites is 1. The van der Waals surface area contributed by atoms with Crippen LogP contribution in [0, 0.1) is 0 Å². The fourth-order valence-corrected chi connectivity index (χ4v) is 7.92. The largest absolute Gasteiger partial charge is 0.351 e. The van der Waals surface area contributed by atoms with Gasteiger partial charge in [-0.2, -0.15) is 14.6 Å². The van der Waals surface area contributed by atoms with Gasteiger partial charge in [0, 0.05) is 12.2 Å². The number of hydrogen-bond donors (Lipinski definition) is 1. The van der Waals surface area contributed by atoms with E-state index in [0.717, 1.165) is 44.2 Å². The molecule has 1 N–H and O–H groups in total. The number of aromatic nitrogens is 4. The van der Waals surface area contributed by atoms with Crippen LogP contribution in [0.3, 0.4) is 0 Å². The number of rotatable bonds is 25. The van der Waals surface area contributed by atoms with Crippen LogP contribution in [0.2, 0.25) is 0 Å². The molecule has 0 bridgehead atoms. The van der Waals surface area contributed by atoms with Crippen LogP contribution in [0.5, 0.6) is 0 Å². The summed E-state index contributed by atoms with van der Waals surface area (Å²) in [6.07, 6.45) is 19.2. The van der Waals surface area contributed by atoms with Crippen molar-refractivity contribution in [3.8, 4) is 5.69 Å². The Morgan fingerprint density at radius 3 is 2.06 bits per heavy atom. The molecule has 0 saturated carbocycles. The lowest BCUT2D eigenvalue weighted by Crippen LogP contribution is -2.45. The lowest BCUT2D eigenvalue weighted by Gasteiger charge is -2.30. The zero-order valence-electron chi connectivity index (χ0n) is 29.2. The van der Waals surface area contributed by atoms with Crippen molar-refractivity contribution in [2.45, 2.75) is 140 Å². The first-order chi connectivity index (χ1) is 23.6. The average molecular weight is 694 g/mol. The number of hydrazone groups is 1. The zero-order chi connectivity index (χ0) is 33.9. The van der Waals surface area contributed by atoms with Crippen molar-refractivity contribution in [2.75, 3.05) is 6.61 Å². The lowest BCUT2D eigenvalue weighted by atomic mass is 10.1. The first kappa shape index (κ1) is 38.1. The standard InChI is InChI=1S/C37H55N7O2S2/c1-4-7-9-10-11-12-13-14-15-16-17-24-30-46-37(34(45)31-25-20-18-21-26-31,35-39-44(42-48-35)32(6-3)27-8-5-2)47-36-38-40-41-43(36)33-28-22-19-23-29-33/h18-23,25-26,28-29,32,42H,4-17,24,27,30H2,1-3H3. The number of Topliss-reactive ketones (excluding diaryl/α,β-unsaturated/α-hetero) is 1. The Labute approximate surface area is 296 Å². The van der Waals surface area contributed by atoms with Gasteiger partial charge >= 0.3 is 0 Å². The summed E-state index contributed by atoms with van der Waals surface area (Å²) in [5.74, 6) is -0.175. The second-order valence-corrected chi connectivity index (χ2v) is 14.4. The smallest absolute Gasteiger partial charge is 0.236 e. The summed E-state index contributed by atoms with van der Waals surface area (Å²) in [6.45, 7) is 7.07. The molecule has 2 atom stereocenters. The van der Waals surface area contributed by atoms with E-state index in [4.69, 9.17) is 9.84 Å². The number of benzene rings is 2. The third-order valence-electron chi connectivity index (χ3n) is 8.74. The van der Waals surface area contributed by atoms with Crippen molar-refractivity contribution in [1.29, 1.82) is 0 Å². The molecule has 11 heteroatoms. The first-order valence-electron chi connectivity index (χ1n) is 18.2. The van der Waals surface area contributed by atoms with E-state index in [1.807, 2.05) is 65.8 Å². The van der Waals surface area contributed by atoms with E-state index in [-0.39, 0.29) is 11.8 Å². The number of carbonyl (C=O) groups is 1. The number of nitrogens with one attached hydrogen (secondary N) is 1. The van der Waals surface area contributed by atoms with Gasteiger partial charge < -0.3 is 4.74 Å². The van der Waals surface area contributed by atoms with Crippen molar-refractivity contribution in [3.05, 3.63) is 66.2 Å². The van der Waals surface area contributed by atoms with Gasteiger partial charge in [0.25, 0.3) is 0 Å². The van der Waals surface area contributed by atoms with Crippen LogP contribution in [0.4, 0.5) is 0 Å². The number of unbranched alkanes of at least 4 members (excludes halogenated alkanes) is 12. The highest BCUT2D eigenvalue weighted by molar-refractivity contribution is 8.15. The van der Waals surface area contributed by atoms with E-state index in [0.29, 0.717) is 22.4 Å². The predicted molar refractivity (Wildman–Crippen MR) is 199 cm³/mol. The molecule has 262 valence electrons. The molecule has 0 amide bonds. The molecule has 0 spiro atoms. The van der Waals surface area contributed by atoms with Gasteiger partial charge in [-0.05, 0) is 65.5 Å². The Hall–Kier alpha value is -2.73. The Kier molecular flexibility index (Phi) is 17.0. The van der Waals surface area contributed by atoms with Crippen LogP contribution in [0.1, 0.15) is 134 Å². The Balaban J connectivity index is 1.53. The quantitative estimate of drug-likeness (QED) is 0.0306. The van der Waals surface area contributed by atoms with E-state index in [1.165, 1.54) is 87.9 Å². The van der Waals surface area contributed by atoms with Crippen molar-refractivity contribution >= 4 is 34.5 Å². The molecular formula is C37H55N7O2S2. The molecule has 1 aliphatic rings. The van der Waals surface area contributed by atoms with Crippen LogP contribution in [-0.2, 0) is 4.74 Å². The molecule has 2 heterocycles. The van der Waals surface area contributed by atoms with Crippen molar-refractivity contribution < 1.29 is 9.53 Å². The van der Waals surface area contributed by atoms with Gasteiger partial charge in [0.05, 0.1) is 11.7 Å². The third kappa shape index (κ3) is 11.1. The summed E-state index contributed by atoms with van der Waals surface area (Å²) < 4.78 is 8.47. The number of hydrazine groups is 1. The number of ketones is 1. The monoisotopic (exact) mass is 693 g/mol. The molecule has 0 saturated heterocycles. The molecule has 9 nitrogen and oxygen atoms in total. The fourth-order valence-electron chi connectivity index (χ4n) is 5.84. The SMILES string of the molecule is CCCCCCCCCCCCCCOC(Sc1nnnn1-c1ccccc1)(C(=O)c1ccccc1)C1=NN(C(CC)CCCC)NS1. The summed E-state index contributed by atoms with van der Waals surface area (Å²) in [7, 11) is 0. The van der Waals surface area contributed by atoms with Gasteiger partial charge in [0.15, 0.2) is 5.04 Å². The number of nitrogens with zero attached hydrogens (tertiary/aromatic N) is 6. The maximum absolute atomic E-state index is 14.7. The van der Waals surface area contributed by atoms with Gasteiger partial charge in [-0.25, -0.2) is 5.12 Å².